The van der Waals surface area contributed by atoms with Crippen molar-refractivity contribution in [2.24, 2.45) is 0 Å². The van der Waals surface area contributed by atoms with Gasteiger partial charge in [0.2, 0.25) is 5.89 Å². The number of aromatic nitrogens is 1. The second-order valence-electron chi connectivity index (χ2n) is 4.21. The maximum absolute atomic E-state index is 5.92. The number of halogens is 1. The Bertz CT molecular complexity index is 734. The van der Waals surface area contributed by atoms with Gasteiger partial charge in [-0.3, -0.25) is 0 Å². The first-order chi connectivity index (χ1) is 8.63. The van der Waals surface area contributed by atoms with Crippen molar-refractivity contribution in [2.75, 3.05) is 5.73 Å². The Morgan fingerprint density at radius 3 is 2.78 bits per heavy atom. The fourth-order valence-electron chi connectivity index (χ4n) is 1.94. The third kappa shape index (κ3) is 1.83. The number of nitrogen functional groups attached to an aromatic ring is 1. The van der Waals surface area contributed by atoms with E-state index >= 15 is 0 Å². The fourth-order valence-corrected chi connectivity index (χ4v) is 2.10. The highest BCUT2D eigenvalue weighted by Crippen LogP contribution is 2.29. The van der Waals surface area contributed by atoms with Crippen LogP contribution in [-0.4, -0.2) is 4.98 Å². The lowest BCUT2D eigenvalue weighted by Crippen LogP contribution is -1.88. The standard InChI is InChI=1S/C14H11ClN2O/c1-8-6-10(16)3-4-11(8)14-17-12-5-2-9(15)7-13(12)18-14/h2-7H,16H2,1H3. The van der Waals surface area contributed by atoms with Crippen LogP contribution in [0.15, 0.2) is 40.8 Å². The molecule has 0 spiro atoms. The monoisotopic (exact) mass is 258 g/mol. The highest BCUT2D eigenvalue weighted by molar-refractivity contribution is 6.31. The number of nitrogens with zero attached hydrogens (tertiary/aromatic N) is 1. The average molecular weight is 259 g/mol. The van der Waals surface area contributed by atoms with Crippen molar-refractivity contribution in [3.8, 4) is 11.5 Å². The van der Waals surface area contributed by atoms with Crippen LogP contribution in [0.5, 0.6) is 0 Å². The Kier molecular flexibility index (Phi) is 2.49. The number of aryl methyl sites for hydroxylation is 1. The molecule has 0 saturated heterocycles. The molecule has 3 nitrogen and oxygen atoms in total. The van der Waals surface area contributed by atoms with Gasteiger partial charge >= 0.3 is 0 Å². The molecule has 2 N–H and O–H groups in total. The van der Waals surface area contributed by atoms with Gasteiger partial charge in [-0.2, -0.15) is 0 Å². The summed E-state index contributed by atoms with van der Waals surface area (Å²) in [5.74, 6) is 0.588. The molecule has 2 aromatic carbocycles. The molecule has 0 saturated carbocycles. The molecule has 0 atom stereocenters. The van der Waals surface area contributed by atoms with Crippen molar-refractivity contribution < 1.29 is 4.42 Å². The molecule has 0 bridgehead atoms. The van der Waals surface area contributed by atoms with E-state index < -0.39 is 0 Å². The van der Waals surface area contributed by atoms with E-state index in [9.17, 15) is 0 Å². The molecule has 0 aliphatic carbocycles. The van der Waals surface area contributed by atoms with E-state index in [4.69, 9.17) is 21.8 Å². The lowest BCUT2D eigenvalue weighted by Gasteiger charge is -2.01. The van der Waals surface area contributed by atoms with Gasteiger partial charge in [0, 0.05) is 22.3 Å². The number of oxazole rings is 1. The molecular weight excluding hydrogens is 248 g/mol. The van der Waals surface area contributed by atoms with E-state index in [1.807, 2.05) is 31.2 Å². The van der Waals surface area contributed by atoms with Crippen molar-refractivity contribution in [3.05, 3.63) is 47.0 Å². The van der Waals surface area contributed by atoms with Gasteiger partial charge in [-0.05, 0) is 42.8 Å². The summed E-state index contributed by atoms with van der Waals surface area (Å²) in [4.78, 5) is 4.45. The summed E-state index contributed by atoms with van der Waals surface area (Å²) in [6.07, 6.45) is 0. The van der Waals surface area contributed by atoms with Crippen LogP contribution in [0.25, 0.3) is 22.6 Å². The molecule has 90 valence electrons. The fraction of sp³-hybridized carbons (Fsp3) is 0.0714. The second kappa shape index (κ2) is 4.03. The molecule has 0 aliphatic rings. The van der Waals surface area contributed by atoms with Gasteiger partial charge < -0.3 is 10.2 Å². The Morgan fingerprint density at radius 2 is 2.00 bits per heavy atom. The summed E-state index contributed by atoms with van der Waals surface area (Å²) in [7, 11) is 0. The molecule has 1 aromatic heterocycles. The van der Waals surface area contributed by atoms with E-state index in [2.05, 4.69) is 4.98 Å². The number of nitrogens with two attached hydrogens (primary N) is 1. The molecule has 0 fully saturated rings. The van der Waals surface area contributed by atoms with Gasteiger partial charge in [-0.25, -0.2) is 4.98 Å². The van der Waals surface area contributed by atoms with Crippen molar-refractivity contribution in [1.82, 2.24) is 4.98 Å². The van der Waals surface area contributed by atoms with Gasteiger partial charge in [-0.15, -0.1) is 0 Å². The molecule has 0 radical (unpaired) electrons. The Hall–Kier alpha value is -2.00. The van der Waals surface area contributed by atoms with E-state index in [0.29, 0.717) is 16.5 Å². The van der Waals surface area contributed by atoms with Crippen molar-refractivity contribution in [3.63, 3.8) is 0 Å². The molecule has 0 amide bonds. The summed E-state index contributed by atoms with van der Waals surface area (Å²) < 4.78 is 5.72. The molecule has 3 rings (SSSR count). The molecule has 4 heteroatoms. The van der Waals surface area contributed by atoms with E-state index in [-0.39, 0.29) is 0 Å². The normalized spacial score (nSPS) is 11.0. The van der Waals surface area contributed by atoms with Crippen LogP contribution in [0.1, 0.15) is 5.56 Å². The van der Waals surface area contributed by atoms with E-state index in [1.54, 1.807) is 12.1 Å². The van der Waals surface area contributed by atoms with Crippen molar-refractivity contribution >= 4 is 28.4 Å². The van der Waals surface area contributed by atoms with Crippen LogP contribution in [0.2, 0.25) is 5.02 Å². The minimum absolute atomic E-state index is 0.588. The zero-order valence-electron chi connectivity index (χ0n) is 9.77. The molecular formula is C14H11ClN2O. The number of benzene rings is 2. The van der Waals surface area contributed by atoms with Gasteiger partial charge in [0.1, 0.15) is 5.52 Å². The first kappa shape index (κ1) is 11.1. The molecule has 18 heavy (non-hydrogen) atoms. The smallest absolute Gasteiger partial charge is 0.227 e. The van der Waals surface area contributed by atoms with Crippen molar-refractivity contribution in [1.29, 1.82) is 0 Å². The Balaban J connectivity index is 2.19. The lowest BCUT2D eigenvalue weighted by molar-refractivity contribution is 0.619. The van der Waals surface area contributed by atoms with Gasteiger partial charge in [0.05, 0.1) is 0 Å². The summed E-state index contributed by atoms with van der Waals surface area (Å²) in [6.45, 7) is 1.98. The van der Waals surface area contributed by atoms with Crippen LogP contribution >= 0.6 is 11.6 Å². The number of hydrogen-bond donors (Lipinski definition) is 1. The number of rotatable bonds is 1. The van der Waals surface area contributed by atoms with Gasteiger partial charge in [-0.1, -0.05) is 11.6 Å². The highest BCUT2D eigenvalue weighted by Gasteiger charge is 2.10. The van der Waals surface area contributed by atoms with Crippen LogP contribution < -0.4 is 5.73 Å². The summed E-state index contributed by atoms with van der Waals surface area (Å²) in [5.41, 5.74) is 9.93. The summed E-state index contributed by atoms with van der Waals surface area (Å²) >= 11 is 5.92. The second-order valence-corrected chi connectivity index (χ2v) is 4.64. The topological polar surface area (TPSA) is 52.0 Å². The Labute approximate surface area is 109 Å². The van der Waals surface area contributed by atoms with Gasteiger partial charge in [0.25, 0.3) is 0 Å². The maximum Gasteiger partial charge on any atom is 0.227 e. The number of hydrogen-bond acceptors (Lipinski definition) is 3. The van der Waals surface area contributed by atoms with Gasteiger partial charge in [0.15, 0.2) is 5.58 Å². The largest absolute Gasteiger partial charge is 0.436 e. The predicted molar refractivity (Wildman–Crippen MR) is 73.6 cm³/mol. The zero-order valence-corrected chi connectivity index (χ0v) is 10.5. The SMILES string of the molecule is Cc1cc(N)ccc1-c1nc2ccc(Cl)cc2o1. The minimum atomic E-state index is 0.588. The third-order valence-electron chi connectivity index (χ3n) is 2.83. The molecule has 3 aromatic rings. The average Bonchev–Trinajstić information content (AvgIpc) is 2.71. The van der Waals surface area contributed by atoms with E-state index in [1.165, 1.54) is 0 Å². The number of fused-ring (bicyclic) bond motifs is 1. The quantitative estimate of drug-likeness (QED) is 0.670. The Morgan fingerprint density at radius 1 is 1.17 bits per heavy atom. The first-order valence-corrected chi connectivity index (χ1v) is 5.94. The van der Waals surface area contributed by atoms with Crippen LogP contribution in [0, 0.1) is 6.92 Å². The third-order valence-corrected chi connectivity index (χ3v) is 3.07. The van der Waals surface area contributed by atoms with Crippen LogP contribution in [-0.2, 0) is 0 Å². The first-order valence-electron chi connectivity index (χ1n) is 5.56. The van der Waals surface area contributed by atoms with Crippen LogP contribution in [0.3, 0.4) is 0 Å². The zero-order chi connectivity index (χ0) is 12.7. The van der Waals surface area contributed by atoms with Crippen molar-refractivity contribution in [2.45, 2.75) is 6.92 Å². The summed E-state index contributed by atoms with van der Waals surface area (Å²) in [5, 5.41) is 0.638. The maximum atomic E-state index is 5.92. The number of anilines is 1. The summed E-state index contributed by atoms with van der Waals surface area (Å²) in [6, 6.07) is 11.1. The molecule has 0 unspecified atom stereocenters. The van der Waals surface area contributed by atoms with E-state index in [0.717, 1.165) is 22.3 Å². The minimum Gasteiger partial charge on any atom is -0.436 e. The molecule has 1 heterocycles. The van der Waals surface area contributed by atoms with Crippen LogP contribution in [0.4, 0.5) is 5.69 Å². The highest BCUT2D eigenvalue weighted by atomic mass is 35.5. The predicted octanol–water partition coefficient (Wildman–Crippen LogP) is 4.04. The molecule has 0 aliphatic heterocycles. The lowest BCUT2D eigenvalue weighted by atomic mass is 10.1.